The molecule has 6 nitrogen and oxygen atoms in total. The average molecular weight is 427 g/mol. The van der Waals surface area contributed by atoms with Gasteiger partial charge in [-0.15, -0.1) is 0 Å². The highest BCUT2D eigenvalue weighted by Gasteiger charge is 2.35. The van der Waals surface area contributed by atoms with Crippen molar-refractivity contribution in [3.63, 3.8) is 0 Å². The van der Waals surface area contributed by atoms with Gasteiger partial charge in [0.25, 0.3) is 10.0 Å². The summed E-state index contributed by atoms with van der Waals surface area (Å²) in [6.45, 7) is 3.80. The van der Waals surface area contributed by atoms with Gasteiger partial charge in [-0.3, -0.25) is 4.72 Å². The lowest BCUT2D eigenvalue weighted by atomic mass is 10.0. The molecule has 0 amide bonds. The van der Waals surface area contributed by atoms with Crippen LogP contribution in [0.5, 0.6) is 0 Å². The molecule has 9 heteroatoms. The van der Waals surface area contributed by atoms with Crippen LogP contribution in [0.1, 0.15) is 33.1 Å². The minimum atomic E-state index is -3.89. The number of nitrogens with one attached hydrogen (secondary N) is 1. The average Bonchev–Trinajstić information content (AvgIpc) is 2.62. The van der Waals surface area contributed by atoms with Gasteiger partial charge in [0, 0.05) is 17.8 Å². The maximum Gasteiger partial charge on any atom is 0.261 e. The SMILES string of the molecule is C[C@@H]1CCC[C@H](C)N1S(=O)(=O)c1ccc(NS(=O)(=O)c2ccc(F)cc2)cc1. The molecule has 2 aromatic rings. The highest BCUT2D eigenvalue weighted by atomic mass is 32.2. The number of benzene rings is 2. The topological polar surface area (TPSA) is 83.6 Å². The fourth-order valence-electron chi connectivity index (χ4n) is 3.52. The first-order chi connectivity index (χ1) is 13.1. The summed E-state index contributed by atoms with van der Waals surface area (Å²) in [6.07, 6.45) is 2.64. The molecule has 28 heavy (non-hydrogen) atoms. The summed E-state index contributed by atoms with van der Waals surface area (Å²) < 4.78 is 67.7. The van der Waals surface area contributed by atoms with Crippen molar-refractivity contribution in [1.82, 2.24) is 4.31 Å². The minimum absolute atomic E-state index is 0.0783. The van der Waals surface area contributed by atoms with E-state index in [4.69, 9.17) is 0 Å². The third kappa shape index (κ3) is 4.21. The quantitative estimate of drug-likeness (QED) is 0.792. The fourth-order valence-corrected chi connectivity index (χ4v) is 6.46. The molecule has 3 rings (SSSR count). The fraction of sp³-hybridized carbons (Fsp3) is 0.368. The Morgan fingerprint density at radius 3 is 1.89 bits per heavy atom. The maximum atomic E-state index is 13.0. The Hall–Kier alpha value is -1.97. The first kappa shape index (κ1) is 20.8. The molecule has 2 aromatic carbocycles. The standard InChI is InChI=1S/C19H23FN2O4S2/c1-14-4-3-5-15(2)22(14)28(25,26)19-12-8-17(9-13-19)21-27(23,24)18-10-6-16(20)7-11-18/h6-15,21H,3-5H2,1-2H3/t14-,15+. The highest BCUT2D eigenvalue weighted by Crippen LogP contribution is 2.30. The first-order valence-electron chi connectivity index (χ1n) is 9.03. The van der Waals surface area contributed by atoms with Gasteiger partial charge in [0.05, 0.1) is 9.79 Å². The molecule has 0 bridgehead atoms. The summed E-state index contributed by atoms with van der Waals surface area (Å²) in [6, 6.07) is 9.90. The van der Waals surface area contributed by atoms with Crippen molar-refractivity contribution in [3.05, 3.63) is 54.3 Å². The predicted octanol–water partition coefficient (Wildman–Crippen LogP) is 3.58. The van der Waals surface area contributed by atoms with Crippen LogP contribution in [0, 0.1) is 5.82 Å². The van der Waals surface area contributed by atoms with Gasteiger partial charge < -0.3 is 0 Å². The van der Waals surface area contributed by atoms with Crippen LogP contribution in [-0.2, 0) is 20.0 Å². The molecule has 1 fully saturated rings. The largest absolute Gasteiger partial charge is 0.280 e. The smallest absolute Gasteiger partial charge is 0.261 e. The summed E-state index contributed by atoms with van der Waals surface area (Å²) >= 11 is 0. The molecule has 0 unspecified atom stereocenters. The van der Waals surface area contributed by atoms with Gasteiger partial charge in [-0.2, -0.15) is 4.31 Å². The number of nitrogens with zero attached hydrogens (tertiary/aromatic N) is 1. The Bertz CT molecular complexity index is 1030. The van der Waals surface area contributed by atoms with Gasteiger partial charge in [0.15, 0.2) is 0 Å². The van der Waals surface area contributed by atoms with Crippen LogP contribution in [0.25, 0.3) is 0 Å². The van der Waals surface area contributed by atoms with Crippen LogP contribution in [0.4, 0.5) is 10.1 Å². The van der Waals surface area contributed by atoms with E-state index in [9.17, 15) is 21.2 Å². The van der Waals surface area contributed by atoms with E-state index in [1.807, 2.05) is 13.8 Å². The number of hydrogen-bond acceptors (Lipinski definition) is 4. The van der Waals surface area contributed by atoms with E-state index in [-0.39, 0.29) is 27.6 Å². The van der Waals surface area contributed by atoms with Crippen molar-refractivity contribution in [3.8, 4) is 0 Å². The molecule has 1 aliphatic heterocycles. The van der Waals surface area contributed by atoms with E-state index in [1.54, 1.807) is 0 Å². The van der Waals surface area contributed by atoms with Crippen molar-refractivity contribution in [2.75, 3.05) is 4.72 Å². The number of anilines is 1. The van der Waals surface area contributed by atoms with Gasteiger partial charge in [0.2, 0.25) is 10.0 Å². The molecule has 152 valence electrons. The Kier molecular flexibility index (Phi) is 5.79. The van der Waals surface area contributed by atoms with Crippen LogP contribution in [0.3, 0.4) is 0 Å². The number of rotatable bonds is 5. The van der Waals surface area contributed by atoms with Crippen molar-refractivity contribution >= 4 is 25.7 Å². The summed E-state index contributed by atoms with van der Waals surface area (Å²) in [7, 11) is -7.56. The van der Waals surface area contributed by atoms with E-state index in [0.717, 1.165) is 43.5 Å². The minimum Gasteiger partial charge on any atom is -0.280 e. The highest BCUT2D eigenvalue weighted by molar-refractivity contribution is 7.92. The van der Waals surface area contributed by atoms with Crippen LogP contribution in [0.15, 0.2) is 58.3 Å². The molecular formula is C19H23FN2O4S2. The Morgan fingerprint density at radius 2 is 1.36 bits per heavy atom. The number of sulfonamides is 2. The molecule has 1 aliphatic rings. The van der Waals surface area contributed by atoms with Gasteiger partial charge in [-0.05, 0) is 75.2 Å². The van der Waals surface area contributed by atoms with Crippen molar-refractivity contribution in [1.29, 1.82) is 0 Å². The second-order valence-corrected chi connectivity index (χ2v) is 10.6. The van der Waals surface area contributed by atoms with E-state index in [1.165, 1.54) is 28.6 Å². The monoisotopic (exact) mass is 426 g/mol. The van der Waals surface area contributed by atoms with Gasteiger partial charge >= 0.3 is 0 Å². The molecule has 0 radical (unpaired) electrons. The summed E-state index contributed by atoms with van der Waals surface area (Å²) in [4.78, 5) is 0.0411. The summed E-state index contributed by atoms with van der Waals surface area (Å²) in [5, 5.41) is 0. The lowest BCUT2D eigenvalue weighted by Crippen LogP contribution is -2.47. The van der Waals surface area contributed by atoms with Gasteiger partial charge in [-0.1, -0.05) is 6.42 Å². The van der Waals surface area contributed by atoms with Crippen LogP contribution < -0.4 is 4.72 Å². The zero-order valence-electron chi connectivity index (χ0n) is 15.7. The molecule has 0 spiro atoms. The van der Waals surface area contributed by atoms with Crippen molar-refractivity contribution in [2.45, 2.75) is 55.0 Å². The summed E-state index contributed by atoms with van der Waals surface area (Å²) in [5.74, 6) is -0.533. The van der Waals surface area contributed by atoms with Crippen molar-refractivity contribution in [2.24, 2.45) is 0 Å². The molecule has 1 N–H and O–H groups in total. The van der Waals surface area contributed by atoms with Crippen LogP contribution in [-0.4, -0.2) is 33.2 Å². The number of piperidine rings is 1. The predicted molar refractivity (Wildman–Crippen MR) is 105 cm³/mol. The second kappa shape index (κ2) is 7.81. The zero-order chi connectivity index (χ0) is 20.5. The Balaban J connectivity index is 1.82. The Labute approximate surface area is 165 Å². The lowest BCUT2D eigenvalue weighted by molar-refractivity contribution is 0.204. The molecule has 1 saturated heterocycles. The second-order valence-electron chi connectivity index (χ2n) is 7.05. The van der Waals surface area contributed by atoms with Crippen LogP contribution >= 0.6 is 0 Å². The molecule has 0 aliphatic carbocycles. The maximum absolute atomic E-state index is 13.0. The first-order valence-corrected chi connectivity index (χ1v) is 12.0. The molecular weight excluding hydrogens is 403 g/mol. The van der Waals surface area contributed by atoms with E-state index >= 15 is 0 Å². The number of halogens is 1. The van der Waals surface area contributed by atoms with Crippen LogP contribution in [0.2, 0.25) is 0 Å². The Morgan fingerprint density at radius 1 is 0.857 bits per heavy atom. The molecule has 1 heterocycles. The number of hydrogen-bond donors (Lipinski definition) is 1. The molecule has 0 aromatic heterocycles. The zero-order valence-corrected chi connectivity index (χ0v) is 17.3. The van der Waals surface area contributed by atoms with E-state index in [2.05, 4.69) is 4.72 Å². The van der Waals surface area contributed by atoms with Gasteiger partial charge in [-0.25, -0.2) is 21.2 Å². The normalized spacial score (nSPS) is 21.4. The van der Waals surface area contributed by atoms with Crippen molar-refractivity contribution < 1.29 is 21.2 Å². The van der Waals surface area contributed by atoms with E-state index < -0.39 is 25.9 Å². The lowest BCUT2D eigenvalue weighted by Gasteiger charge is -2.37. The molecule has 2 atom stereocenters. The third-order valence-corrected chi connectivity index (χ3v) is 8.46. The van der Waals surface area contributed by atoms with E-state index in [0.29, 0.717) is 0 Å². The third-order valence-electron chi connectivity index (χ3n) is 4.92. The summed E-state index contributed by atoms with van der Waals surface area (Å²) in [5.41, 5.74) is 0.225. The molecule has 0 saturated carbocycles. The van der Waals surface area contributed by atoms with Gasteiger partial charge in [0.1, 0.15) is 5.82 Å².